The highest BCUT2D eigenvalue weighted by atomic mass is 35.5. The number of halogens is 2. The Morgan fingerprint density at radius 3 is 1.88 bits per heavy atom. The second-order valence-electron chi connectivity index (χ2n) is 3.56. The van der Waals surface area contributed by atoms with Crippen LogP contribution in [0, 0.1) is 6.92 Å². The Balaban J connectivity index is 2.62. The molecular formula is C11H9Cl2NO2S. The van der Waals surface area contributed by atoms with E-state index in [4.69, 9.17) is 23.2 Å². The second-order valence-corrected chi connectivity index (χ2v) is 6.12. The quantitative estimate of drug-likeness (QED) is 0.851. The lowest BCUT2D eigenvalue weighted by atomic mass is 10.2. The van der Waals surface area contributed by atoms with Crippen molar-refractivity contribution in [3.63, 3.8) is 0 Å². The monoisotopic (exact) mass is 289 g/mol. The molecule has 0 atom stereocenters. The number of hydrogen-bond donors (Lipinski definition) is 0. The van der Waals surface area contributed by atoms with Crippen LogP contribution in [0.5, 0.6) is 0 Å². The molecule has 0 saturated carbocycles. The van der Waals surface area contributed by atoms with E-state index in [-0.39, 0.29) is 15.2 Å². The van der Waals surface area contributed by atoms with Gasteiger partial charge in [-0.05, 0) is 31.2 Å². The van der Waals surface area contributed by atoms with Crippen molar-refractivity contribution >= 4 is 33.2 Å². The molecule has 1 aromatic carbocycles. The molecular weight excluding hydrogens is 281 g/mol. The SMILES string of the molecule is Cc1ccc(S(=O)(=O)n2c(Cl)ccc2Cl)cc1. The van der Waals surface area contributed by atoms with Gasteiger partial charge in [-0.1, -0.05) is 40.9 Å². The third-order valence-electron chi connectivity index (χ3n) is 2.31. The van der Waals surface area contributed by atoms with Crippen molar-refractivity contribution in [3.8, 4) is 0 Å². The summed E-state index contributed by atoms with van der Waals surface area (Å²) in [6.45, 7) is 1.88. The fourth-order valence-corrected chi connectivity index (χ4v) is 3.59. The molecule has 0 bridgehead atoms. The first-order chi connectivity index (χ1) is 7.93. The maximum absolute atomic E-state index is 12.2. The van der Waals surface area contributed by atoms with Gasteiger partial charge in [-0.3, -0.25) is 0 Å². The molecule has 0 aliphatic rings. The molecule has 0 amide bonds. The number of benzene rings is 1. The van der Waals surface area contributed by atoms with Crippen molar-refractivity contribution in [2.24, 2.45) is 0 Å². The van der Waals surface area contributed by atoms with Crippen molar-refractivity contribution in [1.82, 2.24) is 3.97 Å². The van der Waals surface area contributed by atoms with Crippen LogP contribution in [0.15, 0.2) is 41.3 Å². The van der Waals surface area contributed by atoms with Crippen LogP contribution in [0.25, 0.3) is 0 Å². The third-order valence-corrected chi connectivity index (χ3v) is 4.84. The molecule has 0 aliphatic carbocycles. The van der Waals surface area contributed by atoms with Gasteiger partial charge < -0.3 is 0 Å². The van der Waals surface area contributed by atoms with Crippen molar-refractivity contribution in [3.05, 3.63) is 52.3 Å². The Morgan fingerprint density at radius 1 is 0.941 bits per heavy atom. The molecule has 0 spiro atoms. The minimum atomic E-state index is -3.72. The standard InChI is InChI=1S/C11H9Cl2NO2S/c1-8-2-4-9(5-3-8)17(15,16)14-10(12)6-7-11(14)13/h2-7H,1H3. The van der Waals surface area contributed by atoms with Crippen molar-refractivity contribution in [2.75, 3.05) is 0 Å². The number of aryl methyl sites for hydroxylation is 1. The summed E-state index contributed by atoms with van der Waals surface area (Å²) in [6, 6.07) is 9.37. The summed E-state index contributed by atoms with van der Waals surface area (Å²) < 4.78 is 25.4. The van der Waals surface area contributed by atoms with Crippen molar-refractivity contribution < 1.29 is 8.42 Å². The highest BCUT2D eigenvalue weighted by molar-refractivity contribution is 7.90. The van der Waals surface area contributed by atoms with Gasteiger partial charge in [0.25, 0.3) is 10.0 Å². The van der Waals surface area contributed by atoms with Crippen LogP contribution in [0.4, 0.5) is 0 Å². The summed E-state index contributed by atoms with van der Waals surface area (Å²) in [5, 5.41) is 0.131. The molecule has 6 heteroatoms. The van der Waals surface area contributed by atoms with E-state index in [1.54, 1.807) is 12.1 Å². The molecule has 17 heavy (non-hydrogen) atoms. The van der Waals surface area contributed by atoms with Crippen LogP contribution in [-0.2, 0) is 10.0 Å². The highest BCUT2D eigenvalue weighted by Crippen LogP contribution is 2.26. The van der Waals surface area contributed by atoms with E-state index in [0.717, 1.165) is 9.54 Å². The molecule has 0 unspecified atom stereocenters. The van der Waals surface area contributed by atoms with Crippen LogP contribution in [0.2, 0.25) is 10.3 Å². The number of nitrogens with zero attached hydrogens (tertiary/aromatic N) is 1. The molecule has 90 valence electrons. The Kier molecular flexibility index (Phi) is 3.21. The highest BCUT2D eigenvalue weighted by Gasteiger charge is 2.21. The number of rotatable bonds is 2. The third kappa shape index (κ3) is 2.20. The van der Waals surface area contributed by atoms with Gasteiger partial charge in [0.05, 0.1) is 4.90 Å². The largest absolute Gasteiger partial charge is 0.270 e. The van der Waals surface area contributed by atoms with Gasteiger partial charge in [0.1, 0.15) is 10.3 Å². The molecule has 0 aliphatic heterocycles. The van der Waals surface area contributed by atoms with Crippen LogP contribution < -0.4 is 0 Å². The molecule has 0 saturated heterocycles. The van der Waals surface area contributed by atoms with E-state index in [9.17, 15) is 8.42 Å². The lowest BCUT2D eigenvalue weighted by Gasteiger charge is -2.08. The fraction of sp³-hybridized carbons (Fsp3) is 0.0909. The summed E-state index contributed by atoms with van der Waals surface area (Å²) in [7, 11) is -3.72. The number of aromatic nitrogens is 1. The molecule has 0 radical (unpaired) electrons. The normalized spacial score (nSPS) is 11.7. The fourth-order valence-electron chi connectivity index (χ4n) is 1.42. The van der Waals surface area contributed by atoms with Gasteiger partial charge in [0.2, 0.25) is 0 Å². The summed E-state index contributed by atoms with van der Waals surface area (Å²) in [5.74, 6) is 0. The summed E-state index contributed by atoms with van der Waals surface area (Å²) >= 11 is 11.6. The van der Waals surface area contributed by atoms with Crippen LogP contribution in [-0.4, -0.2) is 12.4 Å². The van der Waals surface area contributed by atoms with E-state index >= 15 is 0 Å². The van der Waals surface area contributed by atoms with Gasteiger partial charge in [0.15, 0.2) is 0 Å². The van der Waals surface area contributed by atoms with E-state index in [1.807, 2.05) is 6.92 Å². The van der Waals surface area contributed by atoms with Gasteiger partial charge in [-0.2, -0.15) is 0 Å². The molecule has 2 aromatic rings. The Morgan fingerprint density at radius 2 is 1.41 bits per heavy atom. The first-order valence-electron chi connectivity index (χ1n) is 4.78. The maximum Gasteiger partial charge on any atom is 0.270 e. The zero-order valence-corrected chi connectivity index (χ0v) is 11.2. The lowest BCUT2D eigenvalue weighted by Crippen LogP contribution is -2.13. The van der Waals surface area contributed by atoms with E-state index in [2.05, 4.69) is 0 Å². The molecule has 0 N–H and O–H groups in total. The predicted molar refractivity (Wildman–Crippen MR) is 68.2 cm³/mol. The first-order valence-corrected chi connectivity index (χ1v) is 6.97. The van der Waals surface area contributed by atoms with Gasteiger partial charge in [-0.15, -0.1) is 0 Å². The Bertz CT molecular complexity index is 625. The maximum atomic E-state index is 12.2. The number of hydrogen-bond acceptors (Lipinski definition) is 2. The molecule has 2 rings (SSSR count). The summed E-state index contributed by atoms with van der Waals surface area (Å²) in [6.07, 6.45) is 0. The van der Waals surface area contributed by atoms with Gasteiger partial charge in [0, 0.05) is 0 Å². The zero-order chi connectivity index (χ0) is 12.6. The summed E-state index contributed by atoms with van der Waals surface area (Å²) in [5.41, 5.74) is 0.980. The minimum absolute atomic E-state index is 0.0653. The van der Waals surface area contributed by atoms with Gasteiger partial charge >= 0.3 is 0 Å². The van der Waals surface area contributed by atoms with E-state index < -0.39 is 10.0 Å². The van der Waals surface area contributed by atoms with Crippen LogP contribution >= 0.6 is 23.2 Å². The van der Waals surface area contributed by atoms with Crippen molar-refractivity contribution in [1.29, 1.82) is 0 Å². The first kappa shape index (κ1) is 12.5. The average molecular weight is 290 g/mol. The predicted octanol–water partition coefficient (Wildman–Crippen LogP) is 3.34. The Hall–Kier alpha value is -0.970. The molecule has 3 nitrogen and oxygen atoms in total. The minimum Gasteiger partial charge on any atom is -0.213 e. The topological polar surface area (TPSA) is 39.1 Å². The van der Waals surface area contributed by atoms with E-state index in [0.29, 0.717) is 0 Å². The molecule has 1 aromatic heterocycles. The molecule has 1 heterocycles. The van der Waals surface area contributed by atoms with E-state index in [1.165, 1.54) is 24.3 Å². The van der Waals surface area contributed by atoms with Crippen LogP contribution in [0.1, 0.15) is 5.56 Å². The Labute approximate surface area is 110 Å². The van der Waals surface area contributed by atoms with Gasteiger partial charge in [-0.25, -0.2) is 12.4 Å². The molecule has 0 fully saturated rings. The summed E-state index contributed by atoms with van der Waals surface area (Å²) in [4.78, 5) is 0.156. The average Bonchev–Trinajstić information content (AvgIpc) is 2.59. The zero-order valence-electron chi connectivity index (χ0n) is 8.89. The van der Waals surface area contributed by atoms with Crippen LogP contribution in [0.3, 0.4) is 0 Å². The smallest absolute Gasteiger partial charge is 0.213 e. The van der Waals surface area contributed by atoms with Crippen molar-refractivity contribution in [2.45, 2.75) is 11.8 Å². The lowest BCUT2D eigenvalue weighted by molar-refractivity contribution is 0.587. The second kappa shape index (κ2) is 4.37.